The molecule has 13 nitrogen and oxygen atoms in total. The molecule has 0 saturated carbocycles. The molecule has 0 unspecified atom stereocenters. The molecule has 0 bridgehead atoms. The van der Waals surface area contributed by atoms with E-state index in [-0.39, 0.29) is 45.3 Å². The van der Waals surface area contributed by atoms with Crippen LogP contribution in [0.1, 0.15) is 199 Å². The summed E-state index contributed by atoms with van der Waals surface area (Å²) in [6, 6.07) is 37.0. The van der Waals surface area contributed by atoms with E-state index in [1.807, 2.05) is 6.92 Å². The van der Waals surface area contributed by atoms with E-state index in [1.54, 1.807) is 48.5 Å². The minimum Gasteiger partial charge on any atom is -0.494 e. The number of ether oxygens (including phenoxy) is 6. The van der Waals surface area contributed by atoms with Gasteiger partial charge in [0.2, 0.25) is 0 Å². The van der Waals surface area contributed by atoms with Crippen LogP contribution in [0.15, 0.2) is 146 Å². The molecule has 0 aliphatic heterocycles. The van der Waals surface area contributed by atoms with Gasteiger partial charge in [0.25, 0.3) is 11.8 Å². The smallest absolute Gasteiger partial charge is 0.343 e. The highest BCUT2D eigenvalue weighted by molar-refractivity contribution is 6.10. The van der Waals surface area contributed by atoms with E-state index in [2.05, 4.69) is 20.8 Å². The van der Waals surface area contributed by atoms with Crippen molar-refractivity contribution in [1.82, 2.24) is 4.90 Å². The minimum absolute atomic E-state index is 0.174. The monoisotopic (exact) mass is 1070 g/mol. The Morgan fingerprint density at radius 1 is 0.316 bits per heavy atom. The zero-order valence-corrected chi connectivity index (χ0v) is 46.2. The molecule has 0 spiro atoms. The summed E-state index contributed by atoms with van der Waals surface area (Å²) in [7, 11) is 0. The Morgan fingerprint density at radius 2 is 0.557 bits per heavy atom. The Labute approximate surface area is 465 Å². The fourth-order valence-corrected chi connectivity index (χ4v) is 8.60. The second kappa shape index (κ2) is 32.6. The Bertz CT molecular complexity index is 2660. The molecule has 0 aliphatic rings. The van der Waals surface area contributed by atoms with Crippen LogP contribution in [0.4, 0.5) is 0 Å². The SMILES string of the molecule is CCCCCCCCOc1ccc(C(=O)Oc2ccc(C(=O)Oc3ccc(C(=O)N(C(=O)c4ccc(OC(=O)c5ccc(OC(=O)c6ccc(OCCCCCCCC)cc6)cc5)cc4)[C@@H](C)CCCCCC)cc3)cc2)cc1. The molecular formula is C66H75NO12. The van der Waals surface area contributed by atoms with Crippen LogP contribution in [0.2, 0.25) is 0 Å². The second-order valence-electron chi connectivity index (χ2n) is 19.6. The molecule has 2 amide bonds. The zero-order valence-electron chi connectivity index (χ0n) is 46.2. The van der Waals surface area contributed by atoms with Crippen molar-refractivity contribution in [3.63, 3.8) is 0 Å². The normalized spacial score (nSPS) is 11.2. The highest BCUT2D eigenvalue weighted by Crippen LogP contribution is 2.25. The first-order valence-corrected chi connectivity index (χ1v) is 28.1. The third-order valence-corrected chi connectivity index (χ3v) is 13.3. The number of carbonyl (C=O) groups excluding carboxylic acids is 6. The topological polar surface area (TPSA) is 161 Å². The van der Waals surface area contributed by atoms with Crippen molar-refractivity contribution >= 4 is 35.7 Å². The maximum Gasteiger partial charge on any atom is 0.343 e. The van der Waals surface area contributed by atoms with Crippen LogP contribution in [-0.2, 0) is 0 Å². The zero-order chi connectivity index (χ0) is 56.2. The lowest BCUT2D eigenvalue weighted by atomic mass is 10.0. The van der Waals surface area contributed by atoms with Crippen LogP contribution in [-0.4, -0.2) is 59.8 Å². The van der Waals surface area contributed by atoms with Gasteiger partial charge in [0.1, 0.15) is 34.5 Å². The summed E-state index contributed by atoms with van der Waals surface area (Å²) in [5, 5.41) is 0. The van der Waals surface area contributed by atoms with Crippen molar-refractivity contribution in [2.75, 3.05) is 13.2 Å². The summed E-state index contributed by atoms with van der Waals surface area (Å²) >= 11 is 0. The molecule has 6 aromatic carbocycles. The predicted octanol–water partition coefficient (Wildman–Crippen LogP) is 15.7. The molecule has 0 radical (unpaired) electrons. The maximum absolute atomic E-state index is 14.2. The van der Waals surface area contributed by atoms with Crippen molar-refractivity contribution in [2.24, 2.45) is 0 Å². The van der Waals surface area contributed by atoms with Crippen LogP contribution in [0, 0.1) is 0 Å². The molecule has 6 rings (SSSR count). The van der Waals surface area contributed by atoms with Gasteiger partial charge in [0.15, 0.2) is 0 Å². The van der Waals surface area contributed by atoms with Crippen LogP contribution in [0.25, 0.3) is 0 Å². The van der Waals surface area contributed by atoms with Gasteiger partial charge in [0.05, 0.1) is 35.5 Å². The van der Waals surface area contributed by atoms with Crippen molar-refractivity contribution in [3.05, 3.63) is 179 Å². The molecule has 0 saturated heterocycles. The predicted molar refractivity (Wildman–Crippen MR) is 305 cm³/mol. The van der Waals surface area contributed by atoms with E-state index < -0.39 is 41.7 Å². The Hall–Kier alpha value is -8.06. The molecule has 1 atom stereocenters. The Morgan fingerprint density at radius 3 is 0.848 bits per heavy atom. The number of hydrogen-bond acceptors (Lipinski definition) is 12. The summed E-state index contributed by atoms with van der Waals surface area (Å²) in [6.45, 7) is 9.58. The van der Waals surface area contributed by atoms with E-state index in [0.717, 1.165) is 51.4 Å². The van der Waals surface area contributed by atoms with E-state index >= 15 is 0 Å². The molecule has 0 fully saturated rings. The van der Waals surface area contributed by atoms with Crippen LogP contribution in [0.5, 0.6) is 34.5 Å². The van der Waals surface area contributed by atoms with E-state index in [4.69, 9.17) is 28.4 Å². The van der Waals surface area contributed by atoms with Gasteiger partial charge < -0.3 is 28.4 Å². The third-order valence-electron chi connectivity index (χ3n) is 13.3. The van der Waals surface area contributed by atoms with Crippen molar-refractivity contribution in [1.29, 1.82) is 0 Å². The summed E-state index contributed by atoms with van der Waals surface area (Å²) < 4.78 is 33.9. The number of unbranched alkanes of at least 4 members (excludes halogenated alkanes) is 13. The average Bonchev–Trinajstić information content (AvgIpc) is 3.48. The largest absolute Gasteiger partial charge is 0.494 e. The fraction of sp³-hybridized carbons (Fsp3) is 0.364. The quantitative estimate of drug-likeness (QED) is 0.0170. The number of hydrogen-bond donors (Lipinski definition) is 0. The molecule has 13 heteroatoms. The fourth-order valence-electron chi connectivity index (χ4n) is 8.60. The van der Waals surface area contributed by atoms with Gasteiger partial charge >= 0.3 is 23.9 Å². The molecule has 79 heavy (non-hydrogen) atoms. The lowest BCUT2D eigenvalue weighted by Gasteiger charge is -2.28. The summed E-state index contributed by atoms with van der Waals surface area (Å²) in [5.74, 6) is -1.30. The Kier molecular flexibility index (Phi) is 24.8. The maximum atomic E-state index is 14.2. The van der Waals surface area contributed by atoms with Crippen molar-refractivity contribution in [2.45, 2.75) is 143 Å². The lowest BCUT2D eigenvalue weighted by molar-refractivity contribution is 0.0546. The van der Waals surface area contributed by atoms with Crippen molar-refractivity contribution in [3.8, 4) is 34.5 Å². The lowest BCUT2D eigenvalue weighted by Crippen LogP contribution is -2.43. The van der Waals surface area contributed by atoms with Crippen molar-refractivity contribution < 1.29 is 57.2 Å². The highest BCUT2D eigenvalue weighted by Gasteiger charge is 2.29. The summed E-state index contributed by atoms with van der Waals surface area (Å²) in [5.41, 5.74) is 1.54. The molecule has 0 aromatic heterocycles. The first kappa shape index (κ1) is 60.2. The third kappa shape index (κ3) is 19.7. The standard InChI is InChI=1S/C66H75NO12/c1-5-8-11-14-16-19-46-74-55-34-26-51(27-35-55)63(70)78-59-42-30-53(31-43-59)65(72)76-57-38-22-49(23-39-57)61(68)67(48(4)21-18-13-10-7-3)62(69)50-24-40-58(41-25-50)77-66(73)54-32-44-60(45-33-54)79-64(71)52-28-36-56(37-29-52)75-47-20-17-15-12-9-6-2/h22-45,48H,5-21,46-47H2,1-4H3/t48-/m0/s1. The van der Waals surface area contributed by atoms with Gasteiger partial charge in [-0.15, -0.1) is 0 Å². The molecule has 416 valence electrons. The number of imide groups is 1. The van der Waals surface area contributed by atoms with Gasteiger partial charge in [-0.25, -0.2) is 19.2 Å². The van der Waals surface area contributed by atoms with Gasteiger partial charge in [-0.3, -0.25) is 14.5 Å². The van der Waals surface area contributed by atoms with E-state index in [1.165, 1.54) is 153 Å². The second-order valence-corrected chi connectivity index (χ2v) is 19.6. The number of amides is 2. The molecular weight excluding hydrogens is 999 g/mol. The van der Waals surface area contributed by atoms with E-state index in [0.29, 0.717) is 42.3 Å². The molecule has 0 N–H and O–H groups in total. The first-order valence-electron chi connectivity index (χ1n) is 28.1. The van der Waals surface area contributed by atoms with Crippen LogP contribution in [0.3, 0.4) is 0 Å². The van der Waals surface area contributed by atoms with Gasteiger partial charge in [-0.2, -0.15) is 0 Å². The number of esters is 4. The molecule has 0 aliphatic carbocycles. The number of nitrogens with zero attached hydrogens (tertiary/aromatic N) is 1. The van der Waals surface area contributed by atoms with E-state index in [9.17, 15) is 28.8 Å². The summed E-state index contributed by atoms with van der Waals surface area (Å²) in [6.07, 6.45) is 18.5. The van der Waals surface area contributed by atoms with Crippen LogP contribution < -0.4 is 28.4 Å². The molecule has 6 aromatic rings. The number of benzene rings is 6. The minimum atomic E-state index is -0.668. The Balaban J connectivity index is 0.990. The average molecular weight is 1070 g/mol. The van der Waals surface area contributed by atoms with Gasteiger partial charge in [-0.1, -0.05) is 111 Å². The highest BCUT2D eigenvalue weighted by atomic mass is 16.5. The molecule has 0 heterocycles. The van der Waals surface area contributed by atoms with Crippen LogP contribution >= 0.6 is 0 Å². The first-order chi connectivity index (χ1) is 38.5. The van der Waals surface area contributed by atoms with Gasteiger partial charge in [-0.05, 0) is 172 Å². The number of carbonyl (C=O) groups is 6. The number of rotatable bonds is 32. The van der Waals surface area contributed by atoms with Gasteiger partial charge in [0, 0.05) is 17.2 Å². The summed E-state index contributed by atoms with van der Waals surface area (Å²) in [4.78, 5) is 81.7.